The predicted octanol–water partition coefficient (Wildman–Crippen LogP) is 8.58. The first-order valence-electron chi connectivity index (χ1n) is 12.8. The van der Waals surface area contributed by atoms with Gasteiger partial charge < -0.3 is 5.32 Å². The summed E-state index contributed by atoms with van der Waals surface area (Å²) in [6, 6.07) is 8.54. The number of unbranched alkanes of at least 4 members (excludes halogenated alkanes) is 1. The Kier molecular flexibility index (Phi) is 13.7. The molecule has 0 amide bonds. The number of nitrogens with zero attached hydrogens (tertiary/aromatic N) is 1. The predicted molar refractivity (Wildman–Crippen MR) is 144 cm³/mol. The Balaban J connectivity index is 0.000000335. The molecule has 2 nitrogen and oxygen atoms in total. The van der Waals surface area contributed by atoms with E-state index in [1.54, 1.807) is 0 Å². The summed E-state index contributed by atoms with van der Waals surface area (Å²) in [6.45, 7) is 21.9. The number of aryl methyl sites for hydroxylation is 1. The molecular weight excluding hydrogens is 388 g/mol. The maximum atomic E-state index is 4.55. The van der Waals surface area contributed by atoms with Crippen LogP contribution < -0.4 is 5.32 Å². The van der Waals surface area contributed by atoms with Crippen molar-refractivity contribution in [3.05, 3.63) is 71.1 Å². The van der Waals surface area contributed by atoms with Gasteiger partial charge >= 0.3 is 0 Å². The summed E-state index contributed by atoms with van der Waals surface area (Å²) < 4.78 is 0. The molecular formula is C30H48N2. The number of rotatable bonds is 10. The zero-order valence-corrected chi connectivity index (χ0v) is 21.8. The summed E-state index contributed by atoms with van der Waals surface area (Å²) in [4.78, 5) is 4.55. The lowest BCUT2D eigenvalue weighted by molar-refractivity contribution is 0.350. The molecule has 0 aromatic heterocycles. The molecule has 2 heteroatoms. The Labute approximate surface area is 199 Å². The molecule has 3 rings (SSSR count). The van der Waals surface area contributed by atoms with E-state index < -0.39 is 0 Å². The standard InChI is InChI=1S/C18H23N.C10H19N.C2H6/c1-13(2)18(17-8-9-17)12-19-15(4)11-16-7-5-6-14(3)10-16;1-3-4-8-11-9(2)10-6-5-7-10;1-2/h5-7,10,12,17H,4,8-9,11H2,1-3H3;10-11H,2-8H2,1H3;1-2H3. The van der Waals surface area contributed by atoms with Crippen molar-refractivity contribution in [2.24, 2.45) is 16.8 Å². The van der Waals surface area contributed by atoms with Crippen LogP contribution in [-0.4, -0.2) is 12.8 Å². The van der Waals surface area contributed by atoms with Gasteiger partial charge in [-0.15, -0.1) is 0 Å². The molecule has 0 heterocycles. The van der Waals surface area contributed by atoms with Crippen LogP contribution in [0.1, 0.15) is 90.7 Å². The largest absolute Gasteiger partial charge is 0.389 e. The van der Waals surface area contributed by atoms with Crippen LogP contribution in [0, 0.1) is 18.8 Å². The number of hydrogen-bond donors (Lipinski definition) is 1. The van der Waals surface area contributed by atoms with E-state index >= 15 is 0 Å². The summed E-state index contributed by atoms with van der Waals surface area (Å²) in [6.07, 6.45) is 12.2. The molecule has 1 N–H and O–H groups in total. The minimum atomic E-state index is 0.750. The number of benzene rings is 1. The lowest BCUT2D eigenvalue weighted by Crippen LogP contribution is -2.24. The van der Waals surface area contributed by atoms with Crippen LogP contribution in [0.25, 0.3) is 0 Å². The first kappa shape index (κ1) is 27.9. The highest BCUT2D eigenvalue weighted by Crippen LogP contribution is 2.37. The number of allylic oxidation sites excluding steroid dienone is 4. The van der Waals surface area contributed by atoms with Crippen LogP contribution in [0.4, 0.5) is 0 Å². The number of aliphatic imine (C=N–C) groups is 1. The summed E-state index contributed by atoms with van der Waals surface area (Å²) in [7, 11) is 0. The molecule has 1 aromatic carbocycles. The van der Waals surface area contributed by atoms with Gasteiger partial charge in [-0.2, -0.15) is 0 Å². The molecule has 32 heavy (non-hydrogen) atoms. The Morgan fingerprint density at radius 2 is 1.78 bits per heavy atom. The zero-order chi connectivity index (χ0) is 23.9. The fourth-order valence-corrected chi connectivity index (χ4v) is 3.63. The highest BCUT2D eigenvalue weighted by atomic mass is 14.9. The summed E-state index contributed by atoms with van der Waals surface area (Å²) >= 11 is 0. The molecule has 0 saturated heterocycles. The first-order valence-corrected chi connectivity index (χ1v) is 12.8. The van der Waals surface area contributed by atoms with Gasteiger partial charge in [0.05, 0.1) is 0 Å². The normalized spacial score (nSPS) is 14.9. The Morgan fingerprint density at radius 1 is 1.09 bits per heavy atom. The van der Waals surface area contributed by atoms with Crippen LogP contribution in [-0.2, 0) is 6.42 Å². The van der Waals surface area contributed by atoms with Crippen molar-refractivity contribution in [1.82, 2.24) is 5.32 Å². The van der Waals surface area contributed by atoms with Crippen LogP contribution >= 0.6 is 0 Å². The van der Waals surface area contributed by atoms with Crippen LogP contribution in [0.3, 0.4) is 0 Å². The van der Waals surface area contributed by atoms with Gasteiger partial charge in [0.1, 0.15) is 0 Å². The fourth-order valence-electron chi connectivity index (χ4n) is 3.63. The van der Waals surface area contributed by atoms with Gasteiger partial charge in [0, 0.05) is 30.6 Å². The molecule has 2 saturated carbocycles. The average Bonchev–Trinajstić information content (AvgIpc) is 3.54. The third-order valence-electron chi connectivity index (χ3n) is 5.95. The zero-order valence-electron chi connectivity index (χ0n) is 21.8. The number of nitrogens with one attached hydrogen (secondary N) is 1. The Bertz CT molecular complexity index is 757. The van der Waals surface area contributed by atoms with E-state index in [0.29, 0.717) is 0 Å². The van der Waals surface area contributed by atoms with Gasteiger partial charge in [-0.1, -0.05) is 82.2 Å². The maximum absolute atomic E-state index is 4.55. The van der Waals surface area contributed by atoms with Crippen LogP contribution in [0.2, 0.25) is 0 Å². The van der Waals surface area contributed by atoms with Crippen molar-refractivity contribution >= 4 is 6.21 Å². The Hall–Kier alpha value is -2.09. The molecule has 0 spiro atoms. The van der Waals surface area contributed by atoms with E-state index in [9.17, 15) is 0 Å². The molecule has 2 aliphatic rings. The second-order valence-electron chi connectivity index (χ2n) is 9.15. The van der Waals surface area contributed by atoms with Crippen molar-refractivity contribution < 1.29 is 0 Å². The van der Waals surface area contributed by atoms with Crippen LogP contribution in [0.5, 0.6) is 0 Å². The van der Waals surface area contributed by atoms with E-state index in [2.05, 4.69) is 75.4 Å². The van der Waals surface area contributed by atoms with Gasteiger partial charge in [-0.05, 0) is 75.8 Å². The number of hydrogen-bond acceptors (Lipinski definition) is 2. The van der Waals surface area contributed by atoms with Gasteiger partial charge in [0.2, 0.25) is 0 Å². The first-order chi connectivity index (χ1) is 15.4. The van der Waals surface area contributed by atoms with Gasteiger partial charge in [0.15, 0.2) is 0 Å². The van der Waals surface area contributed by atoms with Gasteiger partial charge in [-0.25, -0.2) is 0 Å². The summed E-state index contributed by atoms with van der Waals surface area (Å²) in [5.74, 6) is 1.55. The second-order valence-corrected chi connectivity index (χ2v) is 9.15. The minimum absolute atomic E-state index is 0.750. The topological polar surface area (TPSA) is 24.4 Å². The van der Waals surface area contributed by atoms with Crippen LogP contribution in [0.15, 0.2) is 65.0 Å². The lowest BCUT2D eigenvalue weighted by Gasteiger charge is -2.28. The Morgan fingerprint density at radius 3 is 2.28 bits per heavy atom. The van der Waals surface area contributed by atoms with Crippen molar-refractivity contribution in [3.8, 4) is 0 Å². The summed E-state index contributed by atoms with van der Waals surface area (Å²) in [5.41, 5.74) is 7.58. The molecule has 1 aromatic rings. The molecule has 0 unspecified atom stereocenters. The van der Waals surface area contributed by atoms with Gasteiger partial charge in [0.25, 0.3) is 0 Å². The van der Waals surface area contributed by atoms with Crippen molar-refractivity contribution in [2.45, 2.75) is 92.9 Å². The third kappa shape index (κ3) is 11.0. The van der Waals surface area contributed by atoms with Gasteiger partial charge in [-0.3, -0.25) is 4.99 Å². The van der Waals surface area contributed by atoms with Crippen molar-refractivity contribution in [1.29, 1.82) is 0 Å². The molecule has 178 valence electrons. The highest BCUT2D eigenvalue weighted by molar-refractivity contribution is 5.81. The van der Waals surface area contributed by atoms with Crippen molar-refractivity contribution in [2.75, 3.05) is 6.54 Å². The van der Waals surface area contributed by atoms with E-state index in [0.717, 1.165) is 30.5 Å². The smallest absolute Gasteiger partial charge is 0.0375 e. The molecule has 0 radical (unpaired) electrons. The molecule has 0 bridgehead atoms. The minimum Gasteiger partial charge on any atom is -0.389 e. The summed E-state index contributed by atoms with van der Waals surface area (Å²) in [5, 5.41) is 3.39. The quantitative estimate of drug-likeness (QED) is 0.288. The molecule has 0 atom stereocenters. The SMILES string of the molecule is C=C(Cc1cccc(C)c1)N=CC(=C(C)C)C1CC1.C=C(NCCCC)C1CCC1.CC. The highest BCUT2D eigenvalue weighted by Gasteiger charge is 2.25. The molecule has 2 fully saturated rings. The maximum Gasteiger partial charge on any atom is 0.0375 e. The second kappa shape index (κ2) is 15.7. The lowest BCUT2D eigenvalue weighted by atomic mass is 9.83. The van der Waals surface area contributed by atoms with E-state index in [1.165, 1.54) is 72.9 Å². The average molecular weight is 437 g/mol. The molecule has 2 aliphatic carbocycles. The van der Waals surface area contributed by atoms with E-state index in [4.69, 9.17) is 0 Å². The van der Waals surface area contributed by atoms with Crippen molar-refractivity contribution in [3.63, 3.8) is 0 Å². The third-order valence-corrected chi connectivity index (χ3v) is 5.95. The monoisotopic (exact) mass is 436 g/mol. The molecule has 0 aliphatic heterocycles. The van der Waals surface area contributed by atoms with E-state index in [-0.39, 0.29) is 0 Å². The van der Waals surface area contributed by atoms with E-state index in [1.807, 2.05) is 20.1 Å². The fraction of sp³-hybridized carbons (Fsp3) is 0.567.